The number of rotatable bonds is 9. The number of fused-ring (bicyclic) bond motifs is 2. The fourth-order valence-corrected chi connectivity index (χ4v) is 9.44. The number of hydrogen-bond donors (Lipinski definition) is 4. The first-order valence-electron chi connectivity index (χ1n) is 16.3. The van der Waals surface area contributed by atoms with Gasteiger partial charge in [0, 0.05) is 36.8 Å². The molecule has 3 fully saturated rings. The van der Waals surface area contributed by atoms with E-state index in [1.54, 1.807) is 0 Å². The fourth-order valence-electron chi connectivity index (χ4n) is 7.63. The number of benzene rings is 2. The molecule has 0 aliphatic carbocycles. The van der Waals surface area contributed by atoms with Crippen LogP contribution in [0.1, 0.15) is 68.6 Å². The fraction of sp³-hybridized carbons (Fsp3) is 0.576. The number of ether oxygens (including phenoxy) is 1. The number of carboxylic acid groups (broad SMARTS) is 1. The minimum atomic E-state index is -4.79. The molecule has 3 aliphatic rings. The monoisotopic (exact) mass is 698 g/mol. The van der Waals surface area contributed by atoms with E-state index in [4.69, 9.17) is 4.74 Å². The summed E-state index contributed by atoms with van der Waals surface area (Å²) in [7, 11) is -3.59. The van der Waals surface area contributed by atoms with E-state index in [9.17, 15) is 40.7 Å². The number of halogens is 4. The molecule has 4 unspecified atom stereocenters. The third-order valence-corrected chi connectivity index (χ3v) is 11.6. The molecule has 2 bridgehead atoms. The number of anilines is 1. The molecule has 15 heteroatoms. The second kappa shape index (κ2) is 14.7. The maximum absolute atomic E-state index is 14.4. The van der Waals surface area contributed by atoms with Crippen molar-refractivity contribution in [3.8, 4) is 0 Å². The Morgan fingerprint density at radius 1 is 1.10 bits per heavy atom. The summed E-state index contributed by atoms with van der Waals surface area (Å²) in [4.78, 5) is 26.2. The van der Waals surface area contributed by atoms with Gasteiger partial charge in [-0.3, -0.25) is 4.79 Å². The molecule has 3 aliphatic heterocycles. The molecule has 2 aromatic rings. The van der Waals surface area contributed by atoms with Gasteiger partial charge in [-0.25, -0.2) is 17.6 Å². The third kappa shape index (κ3) is 8.47. The summed E-state index contributed by atoms with van der Waals surface area (Å²) >= 11 is 0. The molecule has 10 nitrogen and oxygen atoms in total. The molecule has 2 amide bonds. The normalized spacial score (nSPS) is 28.5. The zero-order valence-corrected chi connectivity index (χ0v) is 27.6. The van der Waals surface area contributed by atoms with Crippen molar-refractivity contribution in [3.63, 3.8) is 0 Å². The van der Waals surface area contributed by atoms with Gasteiger partial charge in [-0.1, -0.05) is 18.2 Å². The number of carbonyl (C=O) groups is 2. The number of alkyl halides is 3. The van der Waals surface area contributed by atoms with E-state index in [0.29, 0.717) is 31.2 Å². The Hall–Kier alpha value is -3.27. The number of piperazine rings is 1. The van der Waals surface area contributed by atoms with Crippen LogP contribution >= 0.6 is 0 Å². The molecule has 3 heterocycles. The van der Waals surface area contributed by atoms with Crippen molar-refractivity contribution in [3.05, 3.63) is 65.0 Å². The van der Waals surface area contributed by atoms with Gasteiger partial charge in [0.15, 0.2) is 0 Å². The molecule has 264 valence electrons. The number of amides is 2. The molecule has 5 rings (SSSR count). The van der Waals surface area contributed by atoms with E-state index in [1.165, 1.54) is 34.6 Å². The summed E-state index contributed by atoms with van der Waals surface area (Å²) in [5.41, 5.74) is -0.874. The average molecular weight is 699 g/mol. The molecular weight excluding hydrogens is 656 g/mol. The zero-order valence-electron chi connectivity index (χ0n) is 26.8. The summed E-state index contributed by atoms with van der Waals surface area (Å²) in [6, 6.07) is 6.69. The number of nitrogens with one attached hydrogen (secondary N) is 3. The molecule has 0 saturated carbocycles. The Labute approximate surface area is 277 Å². The van der Waals surface area contributed by atoms with Crippen LogP contribution in [0.3, 0.4) is 0 Å². The topological polar surface area (TPSA) is 137 Å². The first-order valence-corrected chi connectivity index (χ1v) is 17.9. The van der Waals surface area contributed by atoms with Crippen molar-refractivity contribution in [2.45, 2.75) is 94.8 Å². The van der Waals surface area contributed by atoms with Crippen LogP contribution in [-0.2, 0) is 32.2 Å². The van der Waals surface area contributed by atoms with Crippen LogP contribution in [0.25, 0.3) is 0 Å². The molecule has 0 aromatic heterocycles. The average Bonchev–Trinajstić information content (AvgIpc) is 3.11. The van der Waals surface area contributed by atoms with Crippen LogP contribution in [0.4, 0.5) is 28.0 Å². The van der Waals surface area contributed by atoms with Gasteiger partial charge in [-0.2, -0.15) is 17.5 Å². The van der Waals surface area contributed by atoms with Crippen molar-refractivity contribution in [1.29, 1.82) is 0 Å². The lowest BCUT2D eigenvalue weighted by Gasteiger charge is -2.40. The van der Waals surface area contributed by atoms with E-state index in [-0.39, 0.29) is 67.1 Å². The summed E-state index contributed by atoms with van der Waals surface area (Å²) in [6.45, 7) is 4.25. The highest BCUT2D eigenvalue weighted by Crippen LogP contribution is 2.40. The lowest BCUT2D eigenvalue weighted by molar-refractivity contribution is -0.138. The molecule has 48 heavy (non-hydrogen) atoms. The van der Waals surface area contributed by atoms with Crippen molar-refractivity contribution in [2.75, 3.05) is 24.2 Å². The third-order valence-electron chi connectivity index (χ3n) is 9.65. The quantitative estimate of drug-likeness (QED) is 0.268. The molecule has 2 aromatic carbocycles. The molecule has 4 N–H and O–H groups in total. The van der Waals surface area contributed by atoms with Gasteiger partial charge >= 0.3 is 12.3 Å². The maximum atomic E-state index is 14.4. The van der Waals surface area contributed by atoms with Gasteiger partial charge in [-0.15, -0.1) is 0 Å². The maximum Gasteiger partial charge on any atom is 0.416 e. The Morgan fingerprint density at radius 2 is 1.79 bits per heavy atom. The molecule has 0 radical (unpaired) electrons. The highest BCUT2D eigenvalue weighted by Gasteiger charge is 2.42. The number of sulfonamides is 1. The highest BCUT2D eigenvalue weighted by molar-refractivity contribution is 7.89. The van der Waals surface area contributed by atoms with Gasteiger partial charge in [0.2, 0.25) is 15.9 Å². The van der Waals surface area contributed by atoms with Crippen LogP contribution in [0, 0.1) is 11.7 Å². The highest BCUT2D eigenvalue weighted by atomic mass is 32.2. The smallest absolute Gasteiger partial charge is 0.416 e. The minimum Gasteiger partial charge on any atom is -0.465 e. The van der Waals surface area contributed by atoms with Crippen LogP contribution in [0.2, 0.25) is 0 Å². The van der Waals surface area contributed by atoms with Crippen molar-refractivity contribution in [1.82, 2.24) is 14.9 Å². The SMILES string of the molecule is C[C@@H]1CC(C(c2ccc(F)cc2)C(NC(=O)O)C(=O)Nc2cccc(C(F)(F)F)c2CC[C@H]2CN[C@@H]3CCCS(=O)(=O)N2C3)C[C@H](C)O1. The van der Waals surface area contributed by atoms with Gasteiger partial charge in [0.1, 0.15) is 11.9 Å². The van der Waals surface area contributed by atoms with E-state index < -0.39 is 57.6 Å². The predicted octanol–water partition coefficient (Wildman–Crippen LogP) is 5.11. The van der Waals surface area contributed by atoms with Crippen LogP contribution in [0.15, 0.2) is 42.5 Å². The molecular formula is C33H42F4N4O6S. The second-order valence-corrected chi connectivity index (χ2v) is 15.2. The van der Waals surface area contributed by atoms with Gasteiger partial charge in [0.25, 0.3) is 0 Å². The summed E-state index contributed by atoms with van der Waals surface area (Å²) in [5, 5.41) is 18.0. The summed E-state index contributed by atoms with van der Waals surface area (Å²) in [5.74, 6) is -2.53. The van der Waals surface area contributed by atoms with Gasteiger partial charge in [-0.05, 0) is 93.7 Å². The van der Waals surface area contributed by atoms with Gasteiger partial charge < -0.3 is 25.8 Å². The molecule has 3 saturated heterocycles. The lowest BCUT2D eigenvalue weighted by Crippen LogP contribution is -2.57. The van der Waals surface area contributed by atoms with E-state index in [0.717, 1.165) is 12.1 Å². The minimum absolute atomic E-state index is 0.0229. The molecule has 0 spiro atoms. The first-order chi connectivity index (χ1) is 22.6. The second-order valence-electron chi connectivity index (χ2n) is 13.1. The lowest BCUT2D eigenvalue weighted by atomic mass is 9.74. The Balaban J connectivity index is 1.48. The van der Waals surface area contributed by atoms with Crippen LogP contribution < -0.4 is 16.0 Å². The predicted molar refractivity (Wildman–Crippen MR) is 171 cm³/mol. The summed E-state index contributed by atoms with van der Waals surface area (Å²) < 4.78 is 90.3. The van der Waals surface area contributed by atoms with E-state index >= 15 is 0 Å². The van der Waals surface area contributed by atoms with Crippen molar-refractivity contribution >= 4 is 27.7 Å². The Kier molecular flexibility index (Phi) is 11.0. The van der Waals surface area contributed by atoms with Crippen molar-refractivity contribution < 1.29 is 45.4 Å². The number of carbonyl (C=O) groups excluding carboxylic acids is 1. The van der Waals surface area contributed by atoms with Crippen LogP contribution in [0.5, 0.6) is 0 Å². The molecule has 8 atom stereocenters. The van der Waals surface area contributed by atoms with E-state index in [2.05, 4.69) is 16.0 Å². The van der Waals surface area contributed by atoms with Crippen LogP contribution in [-0.4, -0.2) is 79.0 Å². The number of hydrogen-bond acceptors (Lipinski definition) is 6. The Bertz CT molecular complexity index is 1560. The van der Waals surface area contributed by atoms with Gasteiger partial charge in [0.05, 0.1) is 23.5 Å². The largest absolute Gasteiger partial charge is 0.465 e. The Morgan fingerprint density at radius 3 is 2.44 bits per heavy atom. The first kappa shape index (κ1) is 36.0. The van der Waals surface area contributed by atoms with Crippen molar-refractivity contribution in [2.24, 2.45) is 5.92 Å². The standard InChI is InChI=1S/C33H42F4N4O6S/c1-19-15-22(16-20(2)47-19)29(21-8-10-23(34)11-9-21)30(40-32(43)44)31(42)39-28-7-3-6-27(33(35,36)37)26(28)13-12-25-17-38-24-5-4-14-48(45,46)41(25)18-24/h3,6-11,19-20,22,24-25,29-30,38,40H,4-5,12-18H2,1-2H3,(H,39,42)(H,43,44)/t19-,20+,22?,24-,25+,29?,30?/m1/s1. The zero-order chi connectivity index (χ0) is 34.8. The van der Waals surface area contributed by atoms with E-state index in [1.807, 2.05) is 13.8 Å². The number of nitrogens with zero attached hydrogens (tertiary/aromatic N) is 1. The summed E-state index contributed by atoms with van der Waals surface area (Å²) in [6.07, 6.45) is -4.79.